The molecule has 7 heteroatoms. The normalized spacial score (nSPS) is 17.2. The number of imide groups is 1. The van der Waals surface area contributed by atoms with Crippen molar-refractivity contribution in [3.63, 3.8) is 0 Å². The molecule has 2 heterocycles. The van der Waals surface area contributed by atoms with Gasteiger partial charge in [-0.2, -0.15) is 0 Å². The average Bonchev–Trinajstić information content (AvgIpc) is 2.87. The molecule has 1 aromatic carbocycles. The molecule has 1 aromatic heterocycles. The number of amides is 3. The fraction of sp³-hybridized carbons (Fsp3) is 0.353. The summed E-state index contributed by atoms with van der Waals surface area (Å²) in [7, 11) is 0. The van der Waals surface area contributed by atoms with E-state index in [1.165, 1.54) is 4.90 Å². The molecule has 0 bridgehead atoms. The van der Waals surface area contributed by atoms with Gasteiger partial charge in [0, 0.05) is 12.1 Å². The summed E-state index contributed by atoms with van der Waals surface area (Å²) in [5.74, 6) is -1.08. The molecule has 1 unspecified atom stereocenters. The molecule has 124 valence electrons. The zero-order valence-corrected chi connectivity index (χ0v) is 13.8. The van der Waals surface area contributed by atoms with Crippen LogP contribution in [0.4, 0.5) is 0 Å². The summed E-state index contributed by atoms with van der Waals surface area (Å²) in [5.41, 5.74) is 3.42. The number of rotatable bonds is 3. The van der Waals surface area contributed by atoms with Crippen molar-refractivity contribution in [1.29, 1.82) is 0 Å². The number of carbonyl (C=O) groups is 3. The Morgan fingerprint density at radius 2 is 1.88 bits per heavy atom. The first-order chi connectivity index (χ1) is 11.4. The van der Waals surface area contributed by atoms with E-state index in [9.17, 15) is 14.4 Å². The fourth-order valence-electron chi connectivity index (χ4n) is 2.83. The highest BCUT2D eigenvalue weighted by atomic mass is 16.2. The van der Waals surface area contributed by atoms with Crippen LogP contribution in [0.5, 0.6) is 0 Å². The number of fused-ring (bicyclic) bond motifs is 1. The van der Waals surface area contributed by atoms with Crippen molar-refractivity contribution in [1.82, 2.24) is 20.2 Å². The molecule has 0 saturated carbocycles. The number of aryl methyl sites for hydroxylation is 2. The Kier molecular flexibility index (Phi) is 4.01. The number of aromatic nitrogens is 2. The summed E-state index contributed by atoms with van der Waals surface area (Å²) in [4.78, 5) is 46.4. The van der Waals surface area contributed by atoms with Crippen LogP contribution in [0.15, 0.2) is 18.2 Å². The van der Waals surface area contributed by atoms with Gasteiger partial charge in [-0.25, -0.2) is 9.97 Å². The molecular weight excluding hydrogens is 308 g/mol. The van der Waals surface area contributed by atoms with E-state index in [-0.39, 0.29) is 18.2 Å². The molecule has 0 radical (unpaired) electrons. The summed E-state index contributed by atoms with van der Waals surface area (Å²) in [6.07, 6.45) is 0.00407. The maximum atomic E-state index is 12.8. The molecule has 3 amide bonds. The Morgan fingerprint density at radius 1 is 1.21 bits per heavy atom. The lowest BCUT2D eigenvalue weighted by Crippen LogP contribution is -2.44. The van der Waals surface area contributed by atoms with Crippen molar-refractivity contribution in [2.75, 3.05) is 6.54 Å². The van der Waals surface area contributed by atoms with Gasteiger partial charge < -0.3 is 4.90 Å². The van der Waals surface area contributed by atoms with E-state index in [2.05, 4.69) is 15.3 Å². The summed E-state index contributed by atoms with van der Waals surface area (Å²) in [6.45, 7) is 5.86. The van der Waals surface area contributed by atoms with Gasteiger partial charge in [-0.1, -0.05) is 0 Å². The molecule has 3 rings (SSSR count). The number of likely N-dealkylation sites (N-methyl/N-ethyl adjacent to an activating group) is 1. The molecule has 1 saturated heterocycles. The van der Waals surface area contributed by atoms with E-state index in [1.54, 1.807) is 25.1 Å². The minimum absolute atomic E-state index is 0.00407. The van der Waals surface area contributed by atoms with E-state index >= 15 is 0 Å². The van der Waals surface area contributed by atoms with Crippen molar-refractivity contribution >= 4 is 28.8 Å². The van der Waals surface area contributed by atoms with E-state index in [1.807, 2.05) is 13.8 Å². The van der Waals surface area contributed by atoms with Crippen LogP contribution < -0.4 is 5.32 Å². The molecule has 7 nitrogen and oxygen atoms in total. The van der Waals surface area contributed by atoms with E-state index in [0.717, 1.165) is 11.4 Å². The molecule has 24 heavy (non-hydrogen) atoms. The van der Waals surface area contributed by atoms with Crippen LogP contribution >= 0.6 is 0 Å². The zero-order chi connectivity index (χ0) is 17.4. The van der Waals surface area contributed by atoms with Crippen LogP contribution in [-0.2, 0) is 9.59 Å². The molecule has 1 aliphatic rings. The van der Waals surface area contributed by atoms with E-state index in [0.29, 0.717) is 23.1 Å². The van der Waals surface area contributed by atoms with Crippen molar-refractivity contribution < 1.29 is 14.4 Å². The van der Waals surface area contributed by atoms with Crippen LogP contribution in [0.3, 0.4) is 0 Å². The number of hydrogen-bond acceptors (Lipinski definition) is 5. The highest BCUT2D eigenvalue weighted by Gasteiger charge is 2.37. The van der Waals surface area contributed by atoms with E-state index in [4.69, 9.17) is 0 Å². The predicted octanol–water partition coefficient (Wildman–Crippen LogP) is 1.12. The van der Waals surface area contributed by atoms with Gasteiger partial charge in [0.15, 0.2) is 0 Å². The molecule has 0 spiro atoms. The molecular formula is C17H18N4O3. The smallest absolute Gasteiger partial charge is 0.254 e. The second kappa shape index (κ2) is 5.99. The second-order valence-electron chi connectivity index (χ2n) is 5.82. The van der Waals surface area contributed by atoms with Gasteiger partial charge in [0.25, 0.3) is 5.91 Å². The Morgan fingerprint density at radius 3 is 2.46 bits per heavy atom. The summed E-state index contributed by atoms with van der Waals surface area (Å²) in [6, 6.07) is 4.34. The zero-order valence-electron chi connectivity index (χ0n) is 13.8. The Labute approximate surface area is 139 Å². The number of benzene rings is 1. The number of carbonyl (C=O) groups excluding carboxylic acids is 3. The Bertz CT molecular complexity index is 862. The number of hydrogen-bond donors (Lipinski definition) is 1. The molecule has 1 aliphatic heterocycles. The minimum atomic E-state index is -0.753. The van der Waals surface area contributed by atoms with Crippen molar-refractivity contribution in [2.24, 2.45) is 0 Å². The van der Waals surface area contributed by atoms with Crippen LogP contribution in [0, 0.1) is 13.8 Å². The SMILES string of the molecule is CCN(C(=O)c1ccc2nc(C)c(C)nc2c1)C1CC(=O)NC1=O. The molecule has 2 aromatic rings. The third-order valence-corrected chi connectivity index (χ3v) is 4.24. The molecule has 1 fully saturated rings. The number of nitrogens with zero attached hydrogens (tertiary/aromatic N) is 3. The maximum Gasteiger partial charge on any atom is 0.254 e. The van der Waals surface area contributed by atoms with Crippen LogP contribution in [0.25, 0.3) is 11.0 Å². The molecule has 1 N–H and O–H groups in total. The van der Waals surface area contributed by atoms with Gasteiger partial charge in [-0.3, -0.25) is 19.7 Å². The van der Waals surface area contributed by atoms with Crippen molar-refractivity contribution in [2.45, 2.75) is 33.2 Å². The first-order valence-electron chi connectivity index (χ1n) is 7.80. The average molecular weight is 326 g/mol. The summed E-state index contributed by atoms with van der Waals surface area (Å²) in [5, 5.41) is 2.24. The van der Waals surface area contributed by atoms with Gasteiger partial charge in [0.1, 0.15) is 6.04 Å². The predicted molar refractivity (Wildman–Crippen MR) is 87.3 cm³/mol. The lowest BCUT2D eigenvalue weighted by Gasteiger charge is -2.25. The molecule has 1 atom stereocenters. The quantitative estimate of drug-likeness (QED) is 0.854. The topological polar surface area (TPSA) is 92.3 Å². The summed E-state index contributed by atoms with van der Waals surface area (Å²) >= 11 is 0. The van der Waals surface area contributed by atoms with Gasteiger partial charge >= 0.3 is 0 Å². The highest BCUT2D eigenvalue weighted by molar-refractivity contribution is 6.08. The van der Waals surface area contributed by atoms with Crippen molar-refractivity contribution in [3.05, 3.63) is 35.2 Å². The third kappa shape index (κ3) is 2.73. The van der Waals surface area contributed by atoms with Crippen LogP contribution in [-0.4, -0.2) is 45.2 Å². The lowest BCUT2D eigenvalue weighted by atomic mass is 10.1. The highest BCUT2D eigenvalue weighted by Crippen LogP contribution is 2.19. The van der Waals surface area contributed by atoms with Gasteiger partial charge in [-0.15, -0.1) is 0 Å². The minimum Gasteiger partial charge on any atom is -0.326 e. The number of nitrogens with one attached hydrogen (secondary N) is 1. The Balaban J connectivity index is 1.96. The van der Waals surface area contributed by atoms with Gasteiger partial charge in [-0.05, 0) is 39.0 Å². The van der Waals surface area contributed by atoms with E-state index < -0.39 is 11.9 Å². The Hall–Kier alpha value is -2.83. The largest absolute Gasteiger partial charge is 0.326 e. The monoisotopic (exact) mass is 326 g/mol. The third-order valence-electron chi connectivity index (χ3n) is 4.24. The summed E-state index contributed by atoms with van der Waals surface area (Å²) < 4.78 is 0. The van der Waals surface area contributed by atoms with Crippen LogP contribution in [0.2, 0.25) is 0 Å². The van der Waals surface area contributed by atoms with Crippen molar-refractivity contribution in [3.8, 4) is 0 Å². The van der Waals surface area contributed by atoms with Crippen LogP contribution in [0.1, 0.15) is 35.1 Å². The lowest BCUT2D eigenvalue weighted by molar-refractivity contribution is -0.126. The fourth-order valence-corrected chi connectivity index (χ4v) is 2.83. The van der Waals surface area contributed by atoms with Gasteiger partial charge in [0.05, 0.1) is 28.8 Å². The first-order valence-corrected chi connectivity index (χ1v) is 7.80. The van der Waals surface area contributed by atoms with Gasteiger partial charge in [0.2, 0.25) is 11.8 Å². The molecule has 0 aliphatic carbocycles. The first kappa shape index (κ1) is 16.0. The standard InChI is InChI=1S/C17H18N4O3/c1-4-21(14-8-15(22)20-16(14)23)17(24)11-5-6-12-13(7-11)19-10(3)9(2)18-12/h5-7,14H,4,8H2,1-3H3,(H,20,22,23). The second-order valence-corrected chi connectivity index (χ2v) is 5.82. The maximum absolute atomic E-state index is 12.8.